The summed E-state index contributed by atoms with van der Waals surface area (Å²) in [5.41, 5.74) is 4.67. The summed E-state index contributed by atoms with van der Waals surface area (Å²) in [6.07, 6.45) is -5.39. The third-order valence-corrected chi connectivity index (χ3v) is 12.9. The Morgan fingerprint density at radius 2 is 1.13 bits per heavy atom. The Balaban J connectivity index is 0.000000157. The van der Waals surface area contributed by atoms with Gasteiger partial charge in [-0.2, -0.15) is 0 Å². The SMILES string of the molecule is CC1(C)O[C@@H]2O[C@@H](C(=O)N3CCOCC3)[C@@H](O)[C@@H]2O1.CCOc1ccc(Cc2cc(C(=O)[C@@H]3O[C@H]4OC(C)(C)O[C@H]4[C@@H]3O)ccc2Cl)cc1.CCOc1ccc(Cc2cc(I)ccc2Cl)cc1. The first-order chi connectivity index (χ1) is 31.9. The summed E-state index contributed by atoms with van der Waals surface area (Å²) in [6.45, 7) is 14.3. The minimum atomic E-state index is -1.10. The van der Waals surface area contributed by atoms with Crippen LogP contribution >= 0.6 is 45.8 Å². The van der Waals surface area contributed by atoms with Crippen LogP contribution in [-0.4, -0.2) is 127 Å². The highest BCUT2D eigenvalue weighted by Crippen LogP contribution is 2.40. The molecule has 5 aliphatic rings. The van der Waals surface area contributed by atoms with E-state index in [0.29, 0.717) is 56.5 Å². The second-order valence-corrected chi connectivity index (χ2v) is 19.4. The molecule has 14 nitrogen and oxygen atoms in total. The van der Waals surface area contributed by atoms with Gasteiger partial charge in [-0.15, -0.1) is 0 Å². The average molecular weight is 1080 g/mol. The topological polar surface area (TPSA) is 161 Å². The van der Waals surface area contributed by atoms with Crippen molar-refractivity contribution < 1.29 is 62.4 Å². The highest BCUT2D eigenvalue weighted by molar-refractivity contribution is 14.1. The molecule has 67 heavy (non-hydrogen) atoms. The minimum Gasteiger partial charge on any atom is -0.494 e. The Hall–Kier alpha value is -3.43. The van der Waals surface area contributed by atoms with Gasteiger partial charge >= 0.3 is 0 Å². The molecule has 362 valence electrons. The molecule has 5 saturated heterocycles. The van der Waals surface area contributed by atoms with Crippen LogP contribution in [0.4, 0.5) is 0 Å². The lowest BCUT2D eigenvalue weighted by Gasteiger charge is -2.30. The monoisotopic (exact) mass is 1080 g/mol. The number of benzene rings is 4. The van der Waals surface area contributed by atoms with Gasteiger partial charge < -0.3 is 57.7 Å². The summed E-state index contributed by atoms with van der Waals surface area (Å²) in [4.78, 5) is 26.9. The van der Waals surface area contributed by atoms with Crippen molar-refractivity contribution in [3.8, 4) is 11.5 Å². The number of rotatable bonds is 11. The molecular weight excluding hydrogens is 1020 g/mol. The molecule has 0 bridgehead atoms. The van der Waals surface area contributed by atoms with Gasteiger partial charge in [-0.05, 0) is 160 Å². The number of nitrogens with zero attached hydrogens (tertiary/aromatic N) is 1. The van der Waals surface area contributed by atoms with Crippen LogP contribution in [0.1, 0.15) is 74.2 Å². The maximum absolute atomic E-state index is 13.0. The molecule has 4 aromatic rings. The molecule has 5 fully saturated rings. The van der Waals surface area contributed by atoms with Crippen molar-refractivity contribution in [3.63, 3.8) is 0 Å². The molecular formula is C50H58Cl2INO13. The van der Waals surface area contributed by atoms with Gasteiger partial charge in [0.15, 0.2) is 42.1 Å². The molecule has 5 heterocycles. The van der Waals surface area contributed by atoms with E-state index in [1.165, 1.54) is 9.13 Å². The van der Waals surface area contributed by atoms with Crippen LogP contribution in [-0.2, 0) is 50.8 Å². The highest BCUT2D eigenvalue weighted by Gasteiger charge is 2.58. The Morgan fingerprint density at radius 3 is 1.63 bits per heavy atom. The maximum atomic E-state index is 13.0. The predicted octanol–water partition coefficient (Wildman–Crippen LogP) is 7.77. The molecule has 9 rings (SSSR count). The van der Waals surface area contributed by atoms with Crippen molar-refractivity contribution in [1.82, 2.24) is 4.90 Å². The third kappa shape index (κ3) is 13.1. The fourth-order valence-electron chi connectivity index (χ4n) is 8.25. The van der Waals surface area contributed by atoms with E-state index in [4.69, 9.17) is 65.8 Å². The minimum absolute atomic E-state index is 0.227. The van der Waals surface area contributed by atoms with Crippen LogP contribution in [0.3, 0.4) is 0 Å². The molecule has 4 aromatic carbocycles. The fraction of sp³-hybridized carbons (Fsp3) is 0.480. The largest absolute Gasteiger partial charge is 0.494 e. The number of amides is 1. The van der Waals surface area contributed by atoms with Crippen LogP contribution in [0.25, 0.3) is 0 Å². The van der Waals surface area contributed by atoms with Crippen molar-refractivity contribution in [1.29, 1.82) is 0 Å². The third-order valence-electron chi connectivity index (χ3n) is 11.5. The van der Waals surface area contributed by atoms with Crippen LogP contribution < -0.4 is 9.47 Å². The lowest BCUT2D eigenvalue weighted by atomic mass is 9.97. The fourth-order valence-corrected chi connectivity index (χ4v) is 9.18. The van der Waals surface area contributed by atoms with Gasteiger partial charge in [0, 0.05) is 32.3 Å². The van der Waals surface area contributed by atoms with E-state index < -0.39 is 60.8 Å². The van der Waals surface area contributed by atoms with Crippen molar-refractivity contribution in [2.75, 3.05) is 39.5 Å². The quantitative estimate of drug-likeness (QED) is 0.111. The molecule has 0 spiro atoms. The smallest absolute Gasteiger partial charge is 0.254 e. The van der Waals surface area contributed by atoms with Crippen LogP contribution in [0, 0.1) is 3.57 Å². The molecule has 0 aromatic heterocycles. The molecule has 2 N–H and O–H groups in total. The van der Waals surface area contributed by atoms with Crippen LogP contribution in [0.2, 0.25) is 10.0 Å². The number of Topliss-reactive ketones (excluding diaryl/α,β-unsaturated/α-hetero) is 1. The van der Waals surface area contributed by atoms with E-state index in [1.54, 1.807) is 50.8 Å². The van der Waals surface area contributed by atoms with Gasteiger partial charge in [-0.3, -0.25) is 9.59 Å². The van der Waals surface area contributed by atoms with Gasteiger partial charge in [0.05, 0.1) is 26.4 Å². The molecule has 0 aliphatic carbocycles. The van der Waals surface area contributed by atoms with Crippen molar-refractivity contribution in [2.24, 2.45) is 0 Å². The molecule has 0 radical (unpaired) electrons. The average Bonchev–Trinajstić information content (AvgIpc) is 3.99. The highest BCUT2D eigenvalue weighted by atomic mass is 127. The zero-order chi connectivity index (χ0) is 48.0. The number of halogens is 3. The van der Waals surface area contributed by atoms with Crippen molar-refractivity contribution in [2.45, 2.75) is 115 Å². The Kier molecular flexibility index (Phi) is 17.3. The first-order valence-corrected chi connectivity index (χ1v) is 24.2. The van der Waals surface area contributed by atoms with E-state index in [2.05, 4.69) is 40.8 Å². The van der Waals surface area contributed by atoms with Crippen LogP contribution in [0.5, 0.6) is 11.5 Å². The number of aliphatic hydroxyl groups excluding tert-OH is 2. The maximum Gasteiger partial charge on any atom is 0.254 e. The number of hydrogen-bond donors (Lipinski definition) is 2. The van der Waals surface area contributed by atoms with Gasteiger partial charge in [-0.25, -0.2) is 0 Å². The van der Waals surface area contributed by atoms with E-state index in [0.717, 1.165) is 39.6 Å². The van der Waals surface area contributed by atoms with E-state index in [-0.39, 0.29) is 11.7 Å². The Bertz CT molecular complexity index is 2310. The lowest BCUT2D eigenvalue weighted by Crippen LogP contribution is -2.50. The molecule has 8 atom stereocenters. The van der Waals surface area contributed by atoms with Crippen LogP contribution in [0.15, 0.2) is 84.9 Å². The standard InChI is InChI=1S/C23H25ClO6.C15H14ClIO.C12H19NO6/c1-4-27-16-8-5-13(6-9-16)11-15-12-14(7-10-17(15)24)18(25)20-19(26)21-22(28-20)30-23(2,3)29-21;1-2-18-14-6-3-11(4-7-14)9-12-10-13(17)5-8-15(12)16;1-12(2)18-9-7(14)8(17-11(9)19-12)10(15)13-3-5-16-6-4-13/h5-10,12,19-22,26H,4,11H2,1-3H3;3-8,10H,2,9H2,1H3;7-9,11,14H,3-6H2,1-2H3/t19-,20+,21+,22+;;7-,8-,9+,11+/m1.1/s1. The summed E-state index contributed by atoms with van der Waals surface area (Å²) >= 11 is 14.9. The lowest BCUT2D eigenvalue weighted by molar-refractivity contribution is -0.217. The Morgan fingerprint density at radius 1 is 0.672 bits per heavy atom. The second-order valence-electron chi connectivity index (χ2n) is 17.4. The van der Waals surface area contributed by atoms with Gasteiger partial charge in [0.25, 0.3) is 5.91 Å². The molecule has 5 aliphatic heterocycles. The normalized spacial score (nSPS) is 26.6. The Labute approximate surface area is 415 Å². The summed E-state index contributed by atoms with van der Waals surface area (Å²) < 4.78 is 50.9. The number of ether oxygens (including phenoxy) is 9. The molecule has 0 saturated carbocycles. The van der Waals surface area contributed by atoms with Gasteiger partial charge in [0.2, 0.25) is 0 Å². The summed E-state index contributed by atoms with van der Waals surface area (Å²) in [6, 6.07) is 27.1. The summed E-state index contributed by atoms with van der Waals surface area (Å²) in [7, 11) is 0. The van der Waals surface area contributed by atoms with Gasteiger partial charge in [0.1, 0.15) is 35.9 Å². The van der Waals surface area contributed by atoms with E-state index >= 15 is 0 Å². The molecule has 0 unspecified atom stereocenters. The number of morpholine rings is 1. The van der Waals surface area contributed by atoms with E-state index in [9.17, 15) is 19.8 Å². The zero-order valence-electron chi connectivity index (χ0n) is 38.3. The zero-order valence-corrected chi connectivity index (χ0v) is 42.0. The number of hydrogen-bond acceptors (Lipinski definition) is 13. The first kappa shape index (κ1) is 51.4. The number of aliphatic hydroxyl groups is 2. The predicted molar refractivity (Wildman–Crippen MR) is 258 cm³/mol. The second kappa shape index (κ2) is 22.5. The molecule has 17 heteroatoms. The summed E-state index contributed by atoms with van der Waals surface area (Å²) in [5.74, 6) is -0.475. The number of carbonyl (C=O) groups is 2. The summed E-state index contributed by atoms with van der Waals surface area (Å²) in [5, 5.41) is 22.1. The number of ketones is 1. The number of carbonyl (C=O) groups excluding carboxylic acids is 2. The van der Waals surface area contributed by atoms with Crippen molar-refractivity contribution in [3.05, 3.63) is 126 Å². The van der Waals surface area contributed by atoms with Crippen molar-refractivity contribution >= 4 is 57.5 Å². The van der Waals surface area contributed by atoms with Gasteiger partial charge in [-0.1, -0.05) is 47.5 Å². The number of fused-ring (bicyclic) bond motifs is 2. The van der Waals surface area contributed by atoms with E-state index in [1.807, 2.05) is 62.4 Å². The first-order valence-electron chi connectivity index (χ1n) is 22.4. The molecule has 1 amide bonds.